The number of alkyl halides is 3. The SMILES string of the molecule is Cn1nc(Cc2ccc(Cl)c(Cl)c2)c(C(=O)O)c1C(F)(F)F. The summed E-state index contributed by atoms with van der Waals surface area (Å²) >= 11 is 11.6. The van der Waals surface area contributed by atoms with Crippen molar-refractivity contribution in [3.05, 3.63) is 50.8 Å². The molecule has 1 N–H and O–H groups in total. The van der Waals surface area contributed by atoms with E-state index in [1.54, 1.807) is 6.07 Å². The topological polar surface area (TPSA) is 55.1 Å². The average molecular weight is 353 g/mol. The first-order valence-electron chi connectivity index (χ1n) is 5.91. The van der Waals surface area contributed by atoms with Crippen LogP contribution in [0.4, 0.5) is 13.2 Å². The number of halogens is 5. The van der Waals surface area contributed by atoms with E-state index in [1.165, 1.54) is 12.1 Å². The summed E-state index contributed by atoms with van der Waals surface area (Å²) in [4.78, 5) is 11.2. The molecule has 1 aromatic heterocycles. The quantitative estimate of drug-likeness (QED) is 0.906. The fourth-order valence-electron chi connectivity index (χ4n) is 2.10. The molecule has 0 bridgehead atoms. The van der Waals surface area contributed by atoms with Crippen molar-refractivity contribution in [2.24, 2.45) is 7.05 Å². The van der Waals surface area contributed by atoms with E-state index < -0.39 is 23.4 Å². The van der Waals surface area contributed by atoms with Gasteiger partial charge < -0.3 is 5.11 Å². The van der Waals surface area contributed by atoms with Gasteiger partial charge in [-0.05, 0) is 17.7 Å². The number of benzene rings is 1. The average Bonchev–Trinajstić information content (AvgIpc) is 2.70. The molecule has 0 spiro atoms. The van der Waals surface area contributed by atoms with E-state index in [4.69, 9.17) is 28.3 Å². The van der Waals surface area contributed by atoms with Crippen molar-refractivity contribution in [2.75, 3.05) is 0 Å². The zero-order valence-corrected chi connectivity index (χ0v) is 12.6. The van der Waals surface area contributed by atoms with Crippen molar-refractivity contribution in [3.8, 4) is 0 Å². The predicted molar refractivity (Wildman–Crippen MR) is 74.4 cm³/mol. The normalized spacial score (nSPS) is 11.7. The van der Waals surface area contributed by atoms with Crippen LogP contribution in [0.5, 0.6) is 0 Å². The van der Waals surface area contributed by atoms with E-state index >= 15 is 0 Å². The van der Waals surface area contributed by atoms with Crippen LogP contribution in [-0.2, 0) is 19.6 Å². The Morgan fingerprint density at radius 1 is 1.32 bits per heavy atom. The maximum absolute atomic E-state index is 13.0. The molecule has 0 saturated carbocycles. The third-order valence-electron chi connectivity index (χ3n) is 2.96. The first-order valence-corrected chi connectivity index (χ1v) is 6.67. The summed E-state index contributed by atoms with van der Waals surface area (Å²) in [7, 11) is 1.05. The Balaban J connectivity index is 2.52. The molecule has 0 unspecified atom stereocenters. The highest BCUT2D eigenvalue weighted by molar-refractivity contribution is 6.42. The number of hydrogen-bond donors (Lipinski definition) is 1. The molecule has 0 aliphatic heterocycles. The Labute approximate surface area is 133 Å². The van der Waals surface area contributed by atoms with Crippen LogP contribution in [0, 0.1) is 0 Å². The summed E-state index contributed by atoms with van der Waals surface area (Å²) in [5, 5.41) is 13.3. The summed E-state index contributed by atoms with van der Waals surface area (Å²) in [6.07, 6.45) is -4.92. The van der Waals surface area contributed by atoms with E-state index in [1.807, 2.05) is 0 Å². The summed E-state index contributed by atoms with van der Waals surface area (Å²) in [6, 6.07) is 4.48. The zero-order valence-electron chi connectivity index (χ0n) is 11.1. The van der Waals surface area contributed by atoms with Gasteiger partial charge in [-0.25, -0.2) is 4.79 Å². The maximum atomic E-state index is 13.0. The summed E-state index contributed by atoms with van der Waals surface area (Å²) < 4.78 is 39.5. The monoisotopic (exact) mass is 352 g/mol. The van der Waals surface area contributed by atoms with Gasteiger partial charge in [0, 0.05) is 13.5 Å². The second-order valence-electron chi connectivity index (χ2n) is 4.52. The van der Waals surface area contributed by atoms with Crippen LogP contribution in [-0.4, -0.2) is 20.9 Å². The second-order valence-corrected chi connectivity index (χ2v) is 5.34. The number of aryl methyl sites for hydroxylation is 1. The Morgan fingerprint density at radius 2 is 1.95 bits per heavy atom. The van der Waals surface area contributed by atoms with Crippen LogP contribution in [0.15, 0.2) is 18.2 Å². The first kappa shape index (κ1) is 16.6. The van der Waals surface area contributed by atoms with Crippen LogP contribution in [0.3, 0.4) is 0 Å². The fraction of sp³-hybridized carbons (Fsp3) is 0.231. The largest absolute Gasteiger partial charge is 0.478 e. The lowest BCUT2D eigenvalue weighted by Gasteiger charge is -2.07. The Bertz CT molecular complexity index is 742. The van der Waals surface area contributed by atoms with Gasteiger partial charge in [0.2, 0.25) is 0 Å². The molecule has 0 atom stereocenters. The van der Waals surface area contributed by atoms with E-state index in [0.717, 1.165) is 7.05 Å². The fourth-order valence-corrected chi connectivity index (χ4v) is 2.42. The molecule has 0 aliphatic carbocycles. The van der Waals surface area contributed by atoms with Crippen molar-refractivity contribution in [3.63, 3.8) is 0 Å². The van der Waals surface area contributed by atoms with Crippen LogP contribution < -0.4 is 0 Å². The van der Waals surface area contributed by atoms with Crippen LogP contribution in [0.2, 0.25) is 10.0 Å². The van der Waals surface area contributed by atoms with E-state index in [0.29, 0.717) is 15.3 Å². The van der Waals surface area contributed by atoms with E-state index in [2.05, 4.69) is 5.10 Å². The maximum Gasteiger partial charge on any atom is 0.433 e. The van der Waals surface area contributed by atoms with Crippen LogP contribution in [0.1, 0.15) is 27.3 Å². The highest BCUT2D eigenvalue weighted by Crippen LogP contribution is 2.34. The van der Waals surface area contributed by atoms with Crippen molar-refractivity contribution in [1.82, 2.24) is 9.78 Å². The minimum atomic E-state index is -4.81. The van der Waals surface area contributed by atoms with E-state index in [-0.39, 0.29) is 17.1 Å². The molecule has 0 radical (unpaired) electrons. The molecule has 0 amide bonds. The van der Waals surface area contributed by atoms with Crippen molar-refractivity contribution >= 4 is 29.2 Å². The van der Waals surface area contributed by atoms with Crippen molar-refractivity contribution in [1.29, 1.82) is 0 Å². The van der Waals surface area contributed by atoms with Gasteiger partial charge in [0.05, 0.1) is 15.7 Å². The minimum absolute atomic E-state index is 0.109. The lowest BCUT2D eigenvalue weighted by Crippen LogP contribution is -2.16. The molecule has 0 saturated heterocycles. The predicted octanol–water partition coefficient (Wildman–Crippen LogP) is 4.03. The number of carboxylic acids is 1. The van der Waals surface area contributed by atoms with Gasteiger partial charge in [0.1, 0.15) is 5.56 Å². The molecule has 2 aromatic rings. The first-order chi connectivity index (χ1) is 10.1. The van der Waals surface area contributed by atoms with Gasteiger partial charge in [-0.15, -0.1) is 0 Å². The molecule has 118 valence electrons. The van der Waals surface area contributed by atoms with Gasteiger partial charge in [0.15, 0.2) is 5.69 Å². The zero-order chi connectivity index (χ0) is 16.7. The molecule has 0 aliphatic rings. The van der Waals surface area contributed by atoms with Crippen molar-refractivity contribution in [2.45, 2.75) is 12.6 Å². The number of hydrogen-bond acceptors (Lipinski definition) is 2. The number of carbonyl (C=O) groups is 1. The Hall–Kier alpha value is -1.73. The molecular weight excluding hydrogens is 344 g/mol. The number of nitrogens with zero attached hydrogens (tertiary/aromatic N) is 2. The molecular formula is C13H9Cl2F3N2O2. The standard InChI is InChI=1S/C13H9Cl2F3N2O2/c1-20-11(13(16,17)18)10(12(21)22)9(19-20)5-6-2-3-7(14)8(15)4-6/h2-4H,5H2,1H3,(H,21,22). The third kappa shape index (κ3) is 3.20. The minimum Gasteiger partial charge on any atom is -0.478 e. The van der Waals surface area contributed by atoms with Crippen molar-refractivity contribution < 1.29 is 23.1 Å². The lowest BCUT2D eigenvalue weighted by atomic mass is 10.0. The van der Waals surface area contributed by atoms with Gasteiger partial charge in [0.25, 0.3) is 0 Å². The van der Waals surface area contributed by atoms with Gasteiger partial charge in [-0.1, -0.05) is 29.3 Å². The molecule has 22 heavy (non-hydrogen) atoms. The number of carboxylic acid groups (broad SMARTS) is 1. The Kier molecular flexibility index (Phi) is 4.39. The number of aromatic nitrogens is 2. The number of aromatic carboxylic acids is 1. The smallest absolute Gasteiger partial charge is 0.433 e. The summed E-state index contributed by atoms with van der Waals surface area (Å²) in [6.45, 7) is 0. The van der Waals surface area contributed by atoms with Crippen LogP contribution >= 0.6 is 23.2 Å². The highest BCUT2D eigenvalue weighted by atomic mass is 35.5. The molecule has 9 heteroatoms. The molecule has 1 heterocycles. The van der Waals surface area contributed by atoms with Gasteiger partial charge in [-0.3, -0.25) is 4.68 Å². The van der Waals surface area contributed by atoms with Crippen LogP contribution in [0.25, 0.3) is 0 Å². The summed E-state index contributed by atoms with van der Waals surface area (Å²) in [5.74, 6) is -1.68. The molecule has 2 rings (SSSR count). The molecule has 4 nitrogen and oxygen atoms in total. The van der Waals surface area contributed by atoms with Gasteiger partial charge >= 0.3 is 12.1 Å². The summed E-state index contributed by atoms with van der Waals surface area (Å²) in [5.41, 5.74) is -1.85. The highest BCUT2D eigenvalue weighted by Gasteiger charge is 2.41. The number of rotatable bonds is 3. The molecule has 1 aromatic carbocycles. The van der Waals surface area contributed by atoms with Gasteiger partial charge in [-0.2, -0.15) is 18.3 Å². The second kappa shape index (κ2) is 5.81. The van der Waals surface area contributed by atoms with E-state index in [9.17, 15) is 18.0 Å². The Morgan fingerprint density at radius 3 is 2.45 bits per heavy atom. The molecule has 0 fully saturated rings. The lowest BCUT2D eigenvalue weighted by molar-refractivity contribution is -0.144. The third-order valence-corrected chi connectivity index (χ3v) is 3.70.